The van der Waals surface area contributed by atoms with Crippen molar-refractivity contribution in [3.8, 4) is 0 Å². The molecule has 2 amide bonds. The number of hydrogen-bond acceptors (Lipinski definition) is 3. The summed E-state index contributed by atoms with van der Waals surface area (Å²) in [6.07, 6.45) is 1.35. The van der Waals surface area contributed by atoms with E-state index in [0.717, 1.165) is 12.2 Å². The number of carbonyl (C=O) groups is 2. The average molecular weight is 291 g/mol. The summed E-state index contributed by atoms with van der Waals surface area (Å²) < 4.78 is 0. The Kier molecular flexibility index (Phi) is 7.46. The van der Waals surface area contributed by atoms with Crippen LogP contribution in [-0.4, -0.2) is 50.9 Å². The van der Waals surface area contributed by atoms with Crippen LogP contribution in [0.25, 0.3) is 0 Å². The van der Waals surface area contributed by atoms with Crippen LogP contribution in [0.4, 0.5) is 5.69 Å². The second-order valence-corrected chi connectivity index (χ2v) is 5.30. The molecular formula is C16H25N3O2. The molecule has 0 unspecified atom stereocenters. The van der Waals surface area contributed by atoms with E-state index < -0.39 is 0 Å². The smallest absolute Gasteiger partial charge is 0.226 e. The van der Waals surface area contributed by atoms with E-state index in [4.69, 9.17) is 0 Å². The van der Waals surface area contributed by atoms with Crippen molar-refractivity contribution in [3.05, 3.63) is 30.3 Å². The molecule has 0 heterocycles. The number of nitrogens with zero attached hydrogens (tertiary/aromatic N) is 2. The quantitative estimate of drug-likeness (QED) is 0.789. The van der Waals surface area contributed by atoms with Crippen molar-refractivity contribution in [1.29, 1.82) is 0 Å². The van der Waals surface area contributed by atoms with Crippen LogP contribution in [0.15, 0.2) is 30.3 Å². The standard InChI is InChI=1S/C16H25N3O2/c1-18(2)13-12-17-15(20)10-7-11-16(21)19(3)14-8-5-4-6-9-14/h4-6,8-9H,7,10-13H2,1-3H3,(H,17,20). The highest BCUT2D eigenvalue weighted by atomic mass is 16.2. The fourth-order valence-corrected chi connectivity index (χ4v) is 1.87. The topological polar surface area (TPSA) is 52.7 Å². The fraction of sp³-hybridized carbons (Fsp3) is 0.500. The van der Waals surface area contributed by atoms with Gasteiger partial charge >= 0.3 is 0 Å². The van der Waals surface area contributed by atoms with Gasteiger partial charge in [0.2, 0.25) is 11.8 Å². The van der Waals surface area contributed by atoms with E-state index in [1.54, 1.807) is 11.9 Å². The van der Waals surface area contributed by atoms with Crippen LogP contribution in [0.5, 0.6) is 0 Å². The van der Waals surface area contributed by atoms with Crippen LogP contribution < -0.4 is 10.2 Å². The zero-order chi connectivity index (χ0) is 15.7. The Morgan fingerprint density at radius 3 is 2.33 bits per heavy atom. The first kappa shape index (κ1) is 17.2. The summed E-state index contributed by atoms with van der Waals surface area (Å²) in [6, 6.07) is 9.51. The fourth-order valence-electron chi connectivity index (χ4n) is 1.87. The van der Waals surface area contributed by atoms with Crippen LogP contribution >= 0.6 is 0 Å². The molecule has 0 aliphatic carbocycles. The number of amides is 2. The van der Waals surface area contributed by atoms with Crippen molar-refractivity contribution < 1.29 is 9.59 Å². The lowest BCUT2D eigenvalue weighted by Gasteiger charge is -2.17. The maximum atomic E-state index is 12.0. The average Bonchev–Trinajstić information content (AvgIpc) is 2.46. The maximum absolute atomic E-state index is 12.0. The van der Waals surface area contributed by atoms with Crippen molar-refractivity contribution in [1.82, 2.24) is 10.2 Å². The minimum absolute atomic E-state index is 0.00649. The van der Waals surface area contributed by atoms with Gasteiger partial charge in [-0.3, -0.25) is 9.59 Å². The molecule has 0 atom stereocenters. The lowest BCUT2D eigenvalue weighted by Crippen LogP contribution is -2.31. The number of nitrogens with one attached hydrogen (secondary N) is 1. The van der Waals surface area contributed by atoms with Gasteiger partial charge in [-0.15, -0.1) is 0 Å². The van der Waals surface area contributed by atoms with Gasteiger partial charge in [0.25, 0.3) is 0 Å². The van der Waals surface area contributed by atoms with Crippen molar-refractivity contribution >= 4 is 17.5 Å². The van der Waals surface area contributed by atoms with Crippen molar-refractivity contribution in [2.75, 3.05) is 39.1 Å². The van der Waals surface area contributed by atoms with Gasteiger partial charge in [0.1, 0.15) is 0 Å². The molecule has 0 aliphatic heterocycles. The summed E-state index contributed by atoms with van der Waals surface area (Å²) >= 11 is 0. The summed E-state index contributed by atoms with van der Waals surface area (Å²) in [5.41, 5.74) is 0.873. The Hall–Kier alpha value is -1.88. The Labute approximate surface area is 126 Å². The third-order valence-electron chi connectivity index (χ3n) is 3.19. The summed E-state index contributed by atoms with van der Waals surface area (Å²) in [7, 11) is 5.68. The number of hydrogen-bond donors (Lipinski definition) is 1. The van der Waals surface area contributed by atoms with Gasteiger partial charge in [-0.05, 0) is 32.6 Å². The second-order valence-electron chi connectivity index (χ2n) is 5.30. The van der Waals surface area contributed by atoms with Gasteiger partial charge in [-0.2, -0.15) is 0 Å². The minimum atomic E-state index is 0.00649. The predicted molar refractivity (Wildman–Crippen MR) is 85.3 cm³/mol. The third-order valence-corrected chi connectivity index (χ3v) is 3.19. The van der Waals surface area contributed by atoms with Gasteiger partial charge in [-0.25, -0.2) is 0 Å². The van der Waals surface area contributed by atoms with Crippen LogP contribution in [0.1, 0.15) is 19.3 Å². The molecule has 5 nitrogen and oxygen atoms in total. The Morgan fingerprint density at radius 2 is 1.71 bits per heavy atom. The van der Waals surface area contributed by atoms with E-state index in [-0.39, 0.29) is 11.8 Å². The van der Waals surface area contributed by atoms with E-state index in [1.807, 2.05) is 49.3 Å². The molecule has 116 valence electrons. The van der Waals surface area contributed by atoms with Gasteiger partial charge in [0.15, 0.2) is 0 Å². The van der Waals surface area contributed by atoms with Gasteiger partial charge < -0.3 is 15.1 Å². The molecule has 21 heavy (non-hydrogen) atoms. The largest absolute Gasteiger partial charge is 0.355 e. The first-order valence-electron chi connectivity index (χ1n) is 7.23. The molecule has 1 N–H and O–H groups in total. The number of para-hydroxylation sites is 1. The second kappa shape index (κ2) is 9.13. The van der Waals surface area contributed by atoms with E-state index in [2.05, 4.69) is 5.32 Å². The lowest BCUT2D eigenvalue weighted by molar-refractivity contribution is -0.121. The number of rotatable bonds is 8. The number of likely N-dealkylation sites (N-methyl/N-ethyl adjacent to an activating group) is 1. The molecule has 0 radical (unpaired) electrons. The zero-order valence-corrected chi connectivity index (χ0v) is 13.1. The van der Waals surface area contributed by atoms with Gasteiger partial charge in [0.05, 0.1) is 0 Å². The third kappa shape index (κ3) is 6.90. The molecule has 0 saturated carbocycles. The van der Waals surface area contributed by atoms with Gasteiger partial charge in [0, 0.05) is 38.7 Å². The maximum Gasteiger partial charge on any atom is 0.226 e. The zero-order valence-electron chi connectivity index (χ0n) is 13.1. The Bertz CT molecular complexity index is 446. The molecule has 1 rings (SSSR count). The van der Waals surface area contributed by atoms with Crippen molar-refractivity contribution in [2.24, 2.45) is 0 Å². The highest BCUT2D eigenvalue weighted by Gasteiger charge is 2.11. The van der Waals surface area contributed by atoms with E-state index in [9.17, 15) is 9.59 Å². The van der Waals surface area contributed by atoms with E-state index in [1.165, 1.54) is 0 Å². The van der Waals surface area contributed by atoms with Crippen LogP contribution in [-0.2, 0) is 9.59 Å². The van der Waals surface area contributed by atoms with Crippen LogP contribution in [0.2, 0.25) is 0 Å². The van der Waals surface area contributed by atoms with E-state index >= 15 is 0 Å². The molecular weight excluding hydrogens is 266 g/mol. The summed E-state index contributed by atoms with van der Waals surface area (Å²) in [5, 5.41) is 2.84. The molecule has 0 spiro atoms. The van der Waals surface area contributed by atoms with Crippen LogP contribution in [0.3, 0.4) is 0 Å². The summed E-state index contributed by atoms with van der Waals surface area (Å²) in [5.74, 6) is 0.0364. The van der Waals surface area contributed by atoms with E-state index in [0.29, 0.717) is 25.8 Å². The monoisotopic (exact) mass is 291 g/mol. The summed E-state index contributed by atoms with van der Waals surface area (Å²) in [6.45, 7) is 1.46. The lowest BCUT2D eigenvalue weighted by atomic mass is 10.2. The highest BCUT2D eigenvalue weighted by Crippen LogP contribution is 2.13. The Balaban J connectivity index is 2.23. The normalized spacial score (nSPS) is 10.5. The number of anilines is 1. The molecule has 5 heteroatoms. The molecule has 0 saturated heterocycles. The van der Waals surface area contributed by atoms with Crippen LogP contribution in [0, 0.1) is 0 Å². The summed E-state index contributed by atoms with van der Waals surface area (Å²) in [4.78, 5) is 27.2. The number of carbonyl (C=O) groups excluding carboxylic acids is 2. The highest BCUT2D eigenvalue weighted by molar-refractivity contribution is 5.92. The predicted octanol–water partition coefficient (Wildman–Crippen LogP) is 1.50. The molecule has 1 aromatic rings. The molecule has 0 aromatic heterocycles. The Morgan fingerprint density at radius 1 is 1.05 bits per heavy atom. The number of benzene rings is 1. The minimum Gasteiger partial charge on any atom is -0.355 e. The SMILES string of the molecule is CN(C)CCNC(=O)CCCC(=O)N(C)c1ccccc1. The molecule has 1 aromatic carbocycles. The van der Waals surface area contributed by atoms with Crippen molar-refractivity contribution in [3.63, 3.8) is 0 Å². The molecule has 0 aliphatic rings. The first-order valence-corrected chi connectivity index (χ1v) is 7.23. The van der Waals surface area contributed by atoms with Gasteiger partial charge in [-0.1, -0.05) is 18.2 Å². The molecule has 0 fully saturated rings. The van der Waals surface area contributed by atoms with Crippen molar-refractivity contribution in [2.45, 2.75) is 19.3 Å². The molecule has 0 bridgehead atoms. The first-order chi connectivity index (χ1) is 10.0.